The van der Waals surface area contributed by atoms with E-state index in [1.165, 1.54) is 0 Å². The molecule has 1 saturated heterocycles. The monoisotopic (exact) mass is 215 g/mol. The van der Waals surface area contributed by atoms with Crippen LogP contribution in [0.5, 0.6) is 0 Å². The van der Waals surface area contributed by atoms with Crippen molar-refractivity contribution in [1.29, 1.82) is 0 Å². The van der Waals surface area contributed by atoms with E-state index in [1.807, 2.05) is 0 Å². The van der Waals surface area contributed by atoms with Crippen molar-refractivity contribution in [1.82, 2.24) is 10.2 Å². The van der Waals surface area contributed by atoms with Gasteiger partial charge < -0.3 is 21.1 Å². The van der Waals surface area contributed by atoms with E-state index < -0.39 is 6.04 Å². The average molecular weight is 215 g/mol. The van der Waals surface area contributed by atoms with Crippen molar-refractivity contribution < 1.29 is 9.90 Å². The maximum Gasteiger partial charge on any atom is 0.239 e. The minimum absolute atomic E-state index is 0.253. The second-order valence-electron chi connectivity index (χ2n) is 4.28. The van der Waals surface area contributed by atoms with Crippen molar-refractivity contribution in [2.75, 3.05) is 33.3 Å². The van der Waals surface area contributed by atoms with Gasteiger partial charge in [0.15, 0.2) is 0 Å². The number of amides is 1. The number of rotatable bonds is 4. The Labute approximate surface area is 90.6 Å². The first-order valence-corrected chi connectivity index (χ1v) is 5.46. The van der Waals surface area contributed by atoms with Crippen LogP contribution in [0.25, 0.3) is 0 Å². The largest absolute Gasteiger partial charge is 0.394 e. The standard InChI is InChI=1S/C10H21N3O2/c1-13-4-2-8(3-5-13)6-12-10(15)9(11)7-14/h8-9,14H,2-7,11H2,1H3,(H,12,15). The molecule has 0 spiro atoms. The van der Waals surface area contributed by atoms with Gasteiger partial charge in [-0.2, -0.15) is 0 Å². The molecule has 1 aliphatic rings. The maximum absolute atomic E-state index is 11.3. The summed E-state index contributed by atoms with van der Waals surface area (Å²) in [5.41, 5.74) is 5.38. The van der Waals surface area contributed by atoms with Crippen LogP contribution in [-0.4, -0.2) is 55.2 Å². The number of hydrogen-bond acceptors (Lipinski definition) is 4. The molecule has 88 valence electrons. The van der Waals surface area contributed by atoms with Gasteiger partial charge in [0.25, 0.3) is 0 Å². The molecule has 1 rings (SSSR count). The van der Waals surface area contributed by atoms with Gasteiger partial charge in [-0.3, -0.25) is 4.79 Å². The molecule has 1 aliphatic heterocycles. The summed E-state index contributed by atoms with van der Waals surface area (Å²) in [7, 11) is 2.11. The summed E-state index contributed by atoms with van der Waals surface area (Å²) < 4.78 is 0. The van der Waals surface area contributed by atoms with Gasteiger partial charge in [-0.15, -0.1) is 0 Å². The number of piperidine rings is 1. The van der Waals surface area contributed by atoms with Crippen LogP contribution in [0, 0.1) is 5.92 Å². The number of nitrogens with two attached hydrogens (primary N) is 1. The Morgan fingerprint density at radius 2 is 2.20 bits per heavy atom. The van der Waals surface area contributed by atoms with Crippen molar-refractivity contribution in [3.8, 4) is 0 Å². The van der Waals surface area contributed by atoms with Crippen LogP contribution in [0.1, 0.15) is 12.8 Å². The third-order valence-corrected chi connectivity index (χ3v) is 2.94. The summed E-state index contributed by atoms with van der Waals surface area (Å²) in [6.07, 6.45) is 2.23. The number of nitrogens with one attached hydrogen (secondary N) is 1. The molecular weight excluding hydrogens is 194 g/mol. The maximum atomic E-state index is 11.3. The van der Waals surface area contributed by atoms with Crippen molar-refractivity contribution in [3.05, 3.63) is 0 Å². The molecule has 0 aliphatic carbocycles. The molecule has 1 unspecified atom stereocenters. The quantitative estimate of drug-likeness (QED) is 0.548. The van der Waals surface area contributed by atoms with Crippen molar-refractivity contribution in [2.45, 2.75) is 18.9 Å². The Balaban J connectivity index is 2.17. The molecule has 4 N–H and O–H groups in total. The number of carbonyl (C=O) groups is 1. The van der Waals surface area contributed by atoms with Gasteiger partial charge in [0.2, 0.25) is 5.91 Å². The molecule has 0 saturated carbocycles. The molecule has 5 heteroatoms. The highest BCUT2D eigenvalue weighted by atomic mass is 16.3. The first-order chi connectivity index (χ1) is 7.13. The Morgan fingerprint density at radius 3 is 2.73 bits per heavy atom. The zero-order valence-corrected chi connectivity index (χ0v) is 9.28. The van der Waals surface area contributed by atoms with E-state index in [4.69, 9.17) is 10.8 Å². The van der Waals surface area contributed by atoms with Gasteiger partial charge >= 0.3 is 0 Å². The van der Waals surface area contributed by atoms with E-state index in [2.05, 4.69) is 17.3 Å². The lowest BCUT2D eigenvalue weighted by Crippen LogP contribution is -2.45. The molecule has 5 nitrogen and oxygen atoms in total. The Kier molecular flexibility index (Phi) is 5.01. The molecule has 0 bridgehead atoms. The fourth-order valence-corrected chi connectivity index (χ4v) is 1.73. The van der Waals surface area contributed by atoms with E-state index >= 15 is 0 Å². The summed E-state index contributed by atoms with van der Waals surface area (Å²) >= 11 is 0. The summed E-state index contributed by atoms with van der Waals surface area (Å²) in [4.78, 5) is 13.6. The molecule has 1 heterocycles. The van der Waals surface area contributed by atoms with E-state index in [9.17, 15) is 4.79 Å². The Bertz CT molecular complexity index is 203. The van der Waals surface area contributed by atoms with Crippen LogP contribution in [0.3, 0.4) is 0 Å². The Morgan fingerprint density at radius 1 is 1.60 bits per heavy atom. The van der Waals surface area contributed by atoms with Crippen LogP contribution < -0.4 is 11.1 Å². The highest BCUT2D eigenvalue weighted by molar-refractivity contribution is 5.81. The lowest BCUT2D eigenvalue weighted by atomic mass is 9.97. The number of nitrogens with zero attached hydrogens (tertiary/aromatic N) is 1. The lowest BCUT2D eigenvalue weighted by molar-refractivity contribution is -0.123. The van der Waals surface area contributed by atoms with Gasteiger partial charge in [-0.1, -0.05) is 0 Å². The number of aliphatic hydroxyl groups is 1. The second-order valence-corrected chi connectivity index (χ2v) is 4.28. The SMILES string of the molecule is CN1CCC(CNC(=O)C(N)CO)CC1. The minimum Gasteiger partial charge on any atom is -0.394 e. The average Bonchev–Trinajstić information content (AvgIpc) is 2.26. The molecular formula is C10H21N3O2. The van der Waals surface area contributed by atoms with E-state index in [0.717, 1.165) is 25.9 Å². The van der Waals surface area contributed by atoms with Crippen molar-refractivity contribution in [2.24, 2.45) is 11.7 Å². The molecule has 1 fully saturated rings. The molecule has 15 heavy (non-hydrogen) atoms. The van der Waals surface area contributed by atoms with Crippen molar-refractivity contribution >= 4 is 5.91 Å². The predicted molar refractivity (Wildman–Crippen MR) is 58.3 cm³/mol. The smallest absolute Gasteiger partial charge is 0.239 e. The zero-order chi connectivity index (χ0) is 11.3. The lowest BCUT2D eigenvalue weighted by Gasteiger charge is -2.29. The highest BCUT2D eigenvalue weighted by Gasteiger charge is 2.18. The molecule has 0 aromatic carbocycles. The van der Waals surface area contributed by atoms with Gasteiger partial charge in [0.1, 0.15) is 6.04 Å². The minimum atomic E-state index is -0.781. The fourth-order valence-electron chi connectivity index (χ4n) is 1.73. The summed E-state index contributed by atoms with van der Waals surface area (Å²) in [6, 6.07) is -0.781. The summed E-state index contributed by atoms with van der Waals surface area (Å²) in [5.74, 6) is 0.299. The number of hydrogen-bond donors (Lipinski definition) is 3. The molecule has 0 aromatic rings. The number of likely N-dealkylation sites (tertiary alicyclic amines) is 1. The first-order valence-electron chi connectivity index (χ1n) is 5.46. The van der Waals surface area contributed by atoms with Crippen molar-refractivity contribution in [3.63, 3.8) is 0 Å². The fraction of sp³-hybridized carbons (Fsp3) is 0.900. The molecule has 0 aromatic heterocycles. The first kappa shape index (κ1) is 12.4. The van der Waals surface area contributed by atoms with Gasteiger partial charge in [-0.25, -0.2) is 0 Å². The van der Waals surface area contributed by atoms with Crippen LogP contribution in [0.2, 0.25) is 0 Å². The summed E-state index contributed by atoms with van der Waals surface area (Å²) in [5, 5.41) is 11.5. The number of aliphatic hydroxyl groups excluding tert-OH is 1. The van der Waals surface area contributed by atoms with Crippen LogP contribution >= 0.6 is 0 Å². The van der Waals surface area contributed by atoms with Crippen LogP contribution in [0.15, 0.2) is 0 Å². The second kappa shape index (κ2) is 6.05. The normalized spacial score (nSPS) is 21.3. The summed E-state index contributed by atoms with van der Waals surface area (Å²) in [6.45, 7) is 2.57. The molecule has 0 radical (unpaired) electrons. The predicted octanol–water partition coefficient (Wildman–Crippen LogP) is -1.24. The van der Waals surface area contributed by atoms with E-state index in [1.54, 1.807) is 0 Å². The third-order valence-electron chi connectivity index (χ3n) is 2.94. The zero-order valence-electron chi connectivity index (χ0n) is 9.28. The molecule has 1 amide bonds. The third kappa shape index (κ3) is 4.15. The van der Waals surface area contributed by atoms with Crippen LogP contribution in [-0.2, 0) is 4.79 Å². The topological polar surface area (TPSA) is 78.6 Å². The molecule has 1 atom stereocenters. The van der Waals surface area contributed by atoms with E-state index in [0.29, 0.717) is 12.5 Å². The Hall–Kier alpha value is -0.650. The van der Waals surface area contributed by atoms with Crippen LogP contribution in [0.4, 0.5) is 0 Å². The van der Waals surface area contributed by atoms with Gasteiger partial charge in [-0.05, 0) is 38.9 Å². The van der Waals surface area contributed by atoms with Gasteiger partial charge in [0.05, 0.1) is 6.61 Å². The van der Waals surface area contributed by atoms with Gasteiger partial charge in [0, 0.05) is 6.54 Å². The highest BCUT2D eigenvalue weighted by Crippen LogP contribution is 2.14. The number of carbonyl (C=O) groups excluding carboxylic acids is 1. The van der Waals surface area contributed by atoms with E-state index in [-0.39, 0.29) is 12.5 Å².